The van der Waals surface area contributed by atoms with Crippen LogP contribution in [0.2, 0.25) is 0 Å². The molecule has 0 aliphatic heterocycles. The van der Waals surface area contributed by atoms with Crippen molar-refractivity contribution in [2.75, 3.05) is 0 Å². The molecule has 2 aliphatic rings. The zero-order valence-electron chi connectivity index (χ0n) is 18.8. The van der Waals surface area contributed by atoms with Gasteiger partial charge < -0.3 is 0 Å². The third kappa shape index (κ3) is 4.82. The molecule has 0 saturated carbocycles. The van der Waals surface area contributed by atoms with Crippen LogP contribution in [0.4, 0.5) is 17.6 Å². The Labute approximate surface area is 223 Å². The zero-order valence-corrected chi connectivity index (χ0v) is 22.0. The monoisotopic (exact) mass is 580 g/mol. The molecule has 0 unspecified atom stereocenters. The van der Waals surface area contributed by atoms with Gasteiger partial charge in [-0.3, -0.25) is 0 Å². The number of esters is 2. The van der Waals surface area contributed by atoms with Gasteiger partial charge in [0.1, 0.15) is 0 Å². The second-order valence-corrected chi connectivity index (χ2v) is 14.3. The van der Waals surface area contributed by atoms with Crippen molar-refractivity contribution < 1.29 is 53.2 Å². The molecule has 0 fully saturated rings. The summed E-state index contributed by atoms with van der Waals surface area (Å²) in [5.74, 6) is -8.10. The van der Waals surface area contributed by atoms with E-state index in [9.17, 15) is 9.59 Å². The van der Waals surface area contributed by atoms with E-state index in [0.717, 1.165) is 24.3 Å². The number of ether oxygens (including phenoxy) is 2. The molecule has 0 aromatic heterocycles. The second-order valence-electron chi connectivity index (χ2n) is 7.95. The zero-order chi connectivity index (χ0) is 26.7. The van der Waals surface area contributed by atoms with Crippen LogP contribution >= 0.6 is 24.4 Å². The molecule has 0 heterocycles. The van der Waals surface area contributed by atoms with Gasteiger partial charge in [0.15, 0.2) is 0 Å². The van der Waals surface area contributed by atoms with Crippen LogP contribution in [-0.2, 0) is 26.2 Å². The van der Waals surface area contributed by atoms with Crippen LogP contribution in [0, 0.1) is 23.3 Å². The minimum absolute atomic E-state index is 0.170. The van der Waals surface area contributed by atoms with Crippen molar-refractivity contribution in [3.05, 3.63) is 91.7 Å². The van der Waals surface area contributed by atoms with Crippen LogP contribution in [-0.4, -0.2) is 22.7 Å². The summed E-state index contributed by atoms with van der Waals surface area (Å²) in [5, 5.41) is 1.27. The molecule has 0 bridgehead atoms. The molecule has 0 amide bonds. The number of hydrogen-bond acceptors (Lipinski definition) is 6. The van der Waals surface area contributed by atoms with Gasteiger partial charge in [-0.1, -0.05) is 0 Å². The van der Waals surface area contributed by atoms with Gasteiger partial charge in [-0.05, 0) is 0 Å². The molecule has 0 N–H and O–H groups in total. The van der Waals surface area contributed by atoms with Gasteiger partial charge in [-0.2, -0.15) is 0 Å². The molecule has 0 spiro atoms. The SMILES string of the molecule is O=C(C=S)Oc1ccc(F)[c]([Ti]([C]2=CC=CC2)([C]2=CC=CC2)[c]2c(F)ccc(OC(=O)C=S)c2F)c1F. The molecule has 0 radical (unpaired) electrons. The van der Waals surface area contributed by atoms with Gasteiger partial charge in [-0.25, -0.2) is 0 Å². The number of rotatable bonds is 8. The fourth-order valence-corrected chi connectivity index (χ4v) is 12.9. The Balaban J connectivity index is 2.14. The number of halogens is 4. The summed E-state index contributed by atoms with van der Waals surface area (Å²) in [6.45, 7) is 0. The topological polar surface area (TPSA) is 52.6 Å². The van der Waals surface area contributed by atoms with E-state index < -0.39 is 71.0 Å². The molecule has 0 saturated heterocycles. The Hall–Kier alpha value is -3.05. The number of benzene rings is 2. The number of carbonyl (C=O) groups is 2. The summed E-state index contributed by atoms with van der Waals surface area (Å²) in [4.78, 5) is 23.6. The fraction of sp³-hybridized carbons (Fsp3) is 0.0769. The first-order chi connectivity index (χ1) is 17.7. The third-order valence-electron chi connectivity index (χ3n) is 5.98. The first-order valence-corrected chi connectivity index (χ1v) is 14.9. The third-order valence-corrected chi connectivity index (χ3v) is 14.3. The predicted molar refractivity (Wildman–Crippen MR) is 134 cm³/mol. The van der Waals surface area contributed by atoms with E-state index in [-0.39, 0.29) is 12.8 Å². The maximum absolute atomic E-state index is 16.2. The van der Waals surface area contributed by atoms with E-state index in [2.05, 4.69) is 24.4 Å². The molecular weight excluding hydrogens is 564 g/mol. The average Bonchev–Trinajstić information content (AvgIpc) is 3.61. The molecule has 11 heteroatoms. The quantitative estimate of drug-likeness (QED) is 0.147. The number of allylic oxidation sites excluding steroid dienone is 8. The van der Waals surface area contributed by atoms with Crippen LogP contribution in [0.15, 0.2) is 68.5 Å². The van der Waals surface area contributed by atoms with Crippen LogP contribution in [0.3, 0.4) is 0 Å². The predicted octanol–water partition coefficient (Wildman–Crippen LogP) is 4.85. The maximum atomic E-state index is 16.2. The fourth-order valence-electron chi connectivity index (χ4n) is 4.60. The van der Waals surface area contributed by atoms with E-state index >= 15 is 17.6 Å². The van der Waals surface area contributed by atoms with E-state index in [1.165, 1.54) is 0 Å². The van der Waals surface area contributed by atoms with Crippen LogP contribution in [0.5, 0.6) is 11.5 Å². The van der Waals surface area contributed by atoms with Crippen molar-refractivity contribution in [2.45, 2.75) is 12.8 Å². The standard InChI is InChI=1S/2C8H3F2O2S.2C5H5.Ti/c2*9-5-1-2-7(6(10)3-5)12-8(11)4-13;2*1-2-4-5-3-1;/h2*1-2,4H;2*1-3H,4H2;. The number of hydrogen-bond donors (Lipinski definition) is 0. The summed E-state index contributed by atoms with van der Waals surface area (Å²) >= 11 is 3.87. The molecule has 4 nitrogen and oxygen atoms in total. The van der Waals surface area contributed by atoms with Gasteiger partial charge in [0.25, 0.3) is 0 Å². The first-order valence-electron chi connectivity index (χ1n) is 10.8. The molecular formula is C26H16F4O4S2Ti. The summed E-state index contributed by atoms with van der Waals surface area (Å²) in [6, 6.07) is 3.57. The first kappa shape index (κ1) is 27.0. The summed E-state index contributed by atoms with van der Waals surface area (Å²) in [6.07, 6.45) is 10.2. The number of thiocarbonyl (C=S) groups is 2. The van der Waals surface area contributed by atoms with E-state index in [0.29, 0.717) is 18.5 Å². The van der Waals surface area contributed by atoms with E-state index in [1.807, 2.05) is 0 Å². The van der Waals surface area contributed by atoms with Gasteiger partial charge in [0.2, 0.25) is 0 Å². The van der Waals surface area contributed by atoms with Crippen LogP contribution in [0.25, 0.3) is 0 Å². The summed E-state index contributed by atoms with van der Waals surface area (Å²) in [7, 11) is 0. The molecule has 2 aliphatic carbocycles. The molecule has 37 heavy (non-hydrogen) atoms. The normalized spacial score (nSPS) is 14.3. The van der Waals surface area contributed by atoms with Crippen LogP contribution in [0.1, 0.15) is 12.8 Å². The Morgan fingerprint density at radius 1 is 0.730 bits per heavy atom. The van der Waals surface area contributed by atoms with Crippen molar-refractivity contribution in [3.8, 4) is 11.5 Å². The molecule has 2 aromatic rings. The summed E-state index contributed by atoms with van der Waals surface area (Å²) < 4.78 is 73.4. The van der Waals surface area contributed by atoms with Crippen molar-refractivity contribution >= 4 is 54.8 Å². The van der Waals surface area contributed by atoms with E-state index in [1.54, 1.807) is 36.5 Å². The van der Waals surface area contributed by atoms with Crippen molar-refractivity contribution in [2.24, 2.45) is 0 Å². The summed E-state index contributed by atoms with van der Waals surface area (Å²) in [5.41, 5.74) is 0. The van der Waals surface area contributed by atoms with Gasteiger partial charge in [0.05, 0.1) is 0 Å². The van der Waals surface area contributed by atoms with Gasteiger partial charge in [0, 0.05) is 0 Å². The van der Waals surface area contributed by atoms with Gasteiger partial charge >= 0.3 is 224 Å². The Morgan fingerprint density at radius 3 is 1.46 bits per heavy atom. The van der Waals surface area contributed by atoms with Crippen molar-refractivity contribution in [1.29, 1.82) is 0 Å². The molecule has 2 aromatic carbocycles. The van der Waals surface area contributed by atoms with Crippen molar-refractivity contribution in [3.63, 3.8) is 0 Å². The Morgan fingerprint density at radius 2 is 1.14 bits per heavy atom. The average molecular weight is 580 g/mol. The molecule has 0 atom stereocenters. The number of carbonyl (C=O) groups excluding carboxylic acids is 2. The second kappa shape index (κ2) is 11.1. The Kier molecular flexibility index (Phi) is 8.13. The van der Waals surface area contributed by atoms with Crippen LogP contribution < -0.4 is 17.2 Å². The minimum atomic E-state index is -5.17. The molecule has 188 valence electrons. The van der Waals surface area contributed by atoms with Gasteiger partial charge in [-0.15, -0.1) is 0 Å². The van der Waals surface area contributed by atoms with E-state index in [4.69, 9.17) is 9.47 Å². The molecule has 4 rings (SSSR count). The Bertz CT molecular complexity index is 1350. The van der Waals surface area contributed by atoms with Crippen molar-refractivity contribution in [1.82, 2.24) is 0 Å².